The minimum atomic E-state index is -0.0448. The van der Waals surface area contributed by atoms with Crippen molar-refractivity contribution in [2.24, 2.45) is 0 Å². The van der Waals surface area contributed by atoms with Crippen LogP contribution in [0.2, 0.25) is 0 Å². The van der Waals surface area contributed by atoms with Gasteiger partial charge in [0.1, 0.15) is 5.75 Å². The van der Waals surface area contributed by atoms with Gasteiger partial charge in [-0.15, -0.1) is 0 Å². The third-order valence-electron chi connectivity index (χ3n) is 5.20. The van der Waals surface area contributed by atoms with Gasteiger partial charge in [-0.25, -0.2) is 0 Å². The van der Waals surface area contributed by atoms with Crippen molar-refractivity contribution < 1.29 is 5.11 Å². The molecular formula is C22H25N5OS. The summed E-state index contributed by atoms with van der Waals surface area (Å²) in [5, 5.41) is 13.9. The highest BCUT2D eigenvalue weighted by molar-refractivity contribution is 7.80. The monoisotopic (exact) mass is 407 g/mol. The van der Waals surface area contributed by atoms with E-state index in [4.69, 9.17) is 12.2 Å². The Hall–Kier alpha value is -2.90. The van der Waals surface area contributed by atoms with E-state index in [1.165, 1.54) is 0 Å². The lowest BCUT2D eigenvalue weighted by Gasteiger charge is -2.29. The highest BCUT2D eigenvalue weighted by Gasteiger charge is 2.41. The number of phenolic OH excluding ortho intramolecular Hbond substituents is 1. The average Bonchev–Trinajstić information content (AvgIpc) is 3.32. The molecule has 0 unspecified atom stereocenters. The van der Waals surface area contributed by atoms with Crippen LogP contribution in [0.5, 0.6) is 5.75 Å². The van der Waals surface area contributed by atoms with Crippen LogP contribution in [0.25, 0.3) is 5.69 Å². The van der Waals surface area contributed by atoms with Crippen LogP contribution in [0.1, 0.15) is 23.5 Å². The largest absolute Gasteiger partial charge is 0.508 e. The van der Waals surface area contributed by atoms with Gasteiger partial charge < -0.3 is 24.8 Å². The lowest BCUT2D eigenvalue weighted by Crippen LogP contribution is -2.36. The summed E-state index contributed by atoms with van der Waals surface area (Å²) in [4.78, 5) is 9.01. The highest BCUT2D eigenvalue weighted by atomic mass is 32.1. The fourth-order valence-corrected chi connectivity index (χ4v) is 4.09. The number of hydrogen-bond acceptors (Lipinski definition) is 4. The average molecular weight is 408 g/mol. The number of rotatable bonds is 6. The molecule has 1 aliphatic rings. The predicted octanol–water partition coefficient (Wildman–Crippen LogP) is 3.11. The smallest absolute Gasteiger partial charge is 0.170 e. The molecule has 6 nitrogen and oxygen atoms in total. The molecule has 0 amide bonds. The summed E-state index contributed by atoms with van der Waals surface area (Å²) in [6.45, 7) is 1.71. The van der Waals surface area contributed by atoms with Gasteiger partial charge in [-0.3, -0.25) is 4.98 Å². The minimum absolute atomic E-state index is 0.00107. The SMILES string of the molecule is CN(C)CCN1C(=S)N[C@H](c2ccccn2)[C@@H]1c1cccn1-c1ccc(O)cc1. The summed E-state index contributed by atoms with van der Waals surface area (Å²) in [7, 11) is 4.13. The molecular weight excluding hydrogens is 382 g/mol. The molecule has 150 valence electrons. The molecule has 7 heteroatoms. The van der Waals surface area contributed by atoms with Gasteiger partial charge >= 0.3 is 0 Å². The summed E-state index contributed by atoms with van der Waals surface area (Å²) < 4.78 is 2.15. The summed E-state index contributed by atoms with van der Waals surface area (Å²) in [5.41, 5.74) is 3.08. The van der Waals surface area contributed by atoms with E-state index in [1.807, 2.05) is 48.8 Å². The number of phenols is 1. The van der Waals surface area contributed by atoms with E-state index >= 15 is 0 Å². The third kappa shape index (κ3) is 3.97. The molecule has 1 fully saturated rings. The van der Waals surface area contributed by atoms with Crippen molar-refractivity contribution in [2.45, 2.75) is 12.1 Å². The van der Waals surface area contributed by atoms with Gasteiger partial charge in [-0.1, -0.05) is 6.07 Å². The first-order chi connectivity index (χ1) is 14.0. The number of aromatic hydroxyl groups is 1. The molecule has 2 aromatic heterocycles. The van der Waals surface area contributed by atoms with E-state index in [0.717, 1.165) is 35.3 Å². The second-order valence-electron chi connectivity index (χ2n) is 7.44. The van der Waals surface area contributed by atoms with Crippen LogP contribution in [0.3, 0.4) is 0 Å². The van der Waals surface area contributed by atoms with Gasteiger partial charge in [0.15, 0.2) is 5.11 Å². The summed E-state index contributed by atoms with van der Waals surface area (Å²) in [5.74, 6) is 0.255. The Labute approximate surface area is 176 Å². The van der Waals surface area contributed by atoms with Gasteiger partial charge in [0.2, 0.25) is 0 Å². The van der Waals surface area contributed by atoms with Crippen molar-refractivity contribution >= 4 is 17.3 Å². The van der Waals surface area contributed by atoms with Gasteiger partial charge in [0.25, 0.3) is 0 Å². The molecule has 29 heavy (non-hydrogen) atoms. The van der Waals surface area contributed by atoms with Crippen molar-refractivity contribution in [3.05, 3.63) is 78.4 Å². The summed E-state index contributed by atoms with van der Waals surface area (Å²) in [6.07, 6.45) is 3.86. The lowest BCUT2D eigenvalue weighted by atomic mass is 10.0. The Balaban J connectivity index is 1.77. The lowest BCUT2D eigenvalue weighted by molar-refractivity contribution is 0.272. The number of likely N-dealkylation sites (N-methyl/N-ethyl adjacent to an activating group) is 1. The number of nitrogens with zero attached hydrogens (tertiary/aromatic N) is 4. The minimum Gasteiger partial charge on any atom is -0.508 e. The molecule has 3 heterocycles. The second kappa shape index (κ2) is 8.23. The Morgan fingerprint density at radius 3 is 2.59 bits per heavy atom. The van der Waals surface area contributed by atoms with Gasteiger partial charge in [-0.2, -0.15) is 0 Å². The normalized spacial score (nSPS) is 19.0. The number of nitrogens with one attached hydrogen (secondary N) is 1. The summed E-state index contributed by atoms with van der Waals surface area (Å²) in [6, 6.07) is 17.3. The molecule has 0 aliphatic carbocycles. The molecule has 0 radical (unpaired) electrons. The van der Waals surface area contributed by atoms with Crippen LogP contribution in [-0.4, -0.2) is 56.8 Å². The fraction of sp³-hybridized carbons (Fsp3) is 0.273. The van der Waals surface area contributed by atoms with E-state index < -0.39 is 0 Å². The van der Waals surface area contributed by atoms with Crippen LogP contribution in [0.15, 0.2) is 67.0 Å². The number of hydrogen-bond donors (Lipinski definition) is 2. The molecule has 2 atom stereocenters. The van der Waals surface area contributed by atoms with Crippen molar-refractivity contribution in [1.82, 2.24) is 24.7 Å². The molecule has 0 bridgehead atoms. The second-order valence-corrected chi connectivity index (χ2v) is 7.83. The number of benzene rings is 1. The van der Waals surface area contributed by atoms with E-state index in [2.05, 4.69) is 44.8 Å². The maximum absolute atomic E-state index is 9.67. The van der Waals surface area contributed by atoms with E-state index in [9.17, 15) is 5.11 Å². The summed E-state index contributed by atoms with van der Waals surface area (Å²) >= 11 is 5.72. The number of pyridine rings is 1. The van der Waals surface area contributed by atoms with E-state index in [1.54, 1.807) is 12.1 Å². The molecule has 0 spiro atoms. The van der Waals surface area contributed by atoms with E-state index in [0.29, 0.717) is 0 Å². The first-order valence-electron chi connectivity index (χ1n) is 9.64. The van der Waals surface area contributed by atoms with Crippen LogP contribution in [-0.2, 0) is 0 Å². The Morgan fingerprint density at radius 1 is 1.10 bits per heavy atom. The molecule has 1 aliphatic heterocycles. The van der Waals surface area contributed by atoms with E-state index in [-0.39, 0.29) is 17.8 Å². The van der Waals surface area contributed by atoms with Crippen molar-refractivity contribution in [2.75, 3.05) is 27.2 Å². The van der Waals surface area contributed by atoms with Crippen LogP contribution < -0.4 is 5.32 Å². The molecule has 4 rings (SSSR count). The van der Waals surface area contributed by atoms with Crippen molar-refractivity contribution in [1.29, 1.82) is 0 Å². The van der Waals surface area contributed by atoms with Crippen molar-refractivity contribution in [3.63, 3.8) is 0 Å². The first kappa shape index (κ1) is 19.4. The fourth-order valence-electron chi connectivity index (χ4n) is 3.76. The Morgan fingerprint density at radius 2 is 1.90 bits per heavy atom. The number of thiocarbonyl (C=S) groups is 1. The van der Waals surface area contributed by atoms with Crippen molar-refractivity contribution in [3.8, 4) is 11.4 Å². The number of aromatic nitrogens is 2. The van der Waals surface area contributed by atoms with Gasteiger partial charge in [0.05, 0.1) is 17.8 Å². The maximum atomic E-state index is 9.67. The standard InChI is InChI=1S/C22H25N5OS/c1-25(2)14-15-27-21(20(24-22(27)29)18-6-3-4-12-23-18)19-7-5-13-26(19)16-8-10-17(28)11-9-16/h3-13,20-21,28H,14-15H2,1-2H3,(H,24,29)/t20-,21+/m1/s1. The van der Waals surface area contributed by atoms with Gasteiger partial charge in [-0.05, 0) is 74.8 Å². The predicted molar refractivity (Wildman–Crippen MR) is 118 cm³/mol. The highest BCUT2D eigenvalue weighted by Crippen LogP contribution is 2.39. The first-order valence-corrected chi connectivity index (χ1v) is 10.0. The molecule has 1 aromatic carbocycles. The third-order valence-corrected chi connectivity index (χ3v) is 5.55. The topological polar surface area (TPSA) is 56.6 Å². The molecule has 2 N–H and O–H groups in total. The molecule has 0 saturated carbocycles. The van der Waals surface area contributed by atoms with Crippen LogP contribution in [0, 0.1) is 0 Å². The molecule has 1 saturated heterocycles. The van der Waals surface area contributed by atoms with Crippen LogP contribution >= 0.6 is 12.2 Å². The zero-order valence-electron chi connectivity index (χ0n) is 16.6. The maximum Gasteiger partial charge on any atom is 0.170 e. The Bertz CT molecular complexity index is 970. The Kier molecular flexibility index (Phi) is 5.51. The zero-order valence-corrected chi connectivity index (χ0v) is 17.4. The quantitative estimate of drug-likeness (QED) is 0.613. The van der Waals surface area contributed by atoms with Crippen LogP contribution in [0.4, 0.5) is 0 Å². The zero-order chi connectivity index (χ0) is 20.4. The van der Waals surface area contributed by atoms with Gasteiger partial charge in [0, 0.05) is 36.9 Å². The molecule has 3 aromatic rings.